The van der Waals surface area contributed by atoms with Crippen molar-refractivity contribution in [3.05, 3.63) is 18.0 Å². The molecule has 13 heavy (non-hydrogen) atoms. The normalized spacial score (nSPS) is 19.4. The number of hydrogen-bond donors (Lipinski definition) is 1. The van der Waals surface area contributed by atoms with Crippen molar-refractivity contribution in [2.24, 2.45) is 11.7 Å². The molecule has 1 aromatic rings. The summed E-state index contributed by atoms with van der Waals surface area (Å²) in [6, 6.07) is 0.646. The lowest BCUT2D eigenvalue weighted by Gasteiger charge is -2.07. The van der Waals surface area contributed by atoms with Gasteiger partial charge in [-0.05, 0) is 32.6 Å². The van der Waals surface area contributed by atoms with Gasteiger partial charge in [0, 0.05) is 23.8 Å². The van der Waals surface area contributed by atoms with E-state index < -0.39 is 0 Å². The summed E-state index contributed by atoms with van der Waals surface area (Å²) in [7, 11) is 0. The summed E-state index contributed by atoms with van der Waals surface area (Å²) in [5.41, 5.74) is 7.25. The van der Waals surface area contributed by atoms with Gasteiger partial charge in [0.15, 0.2) is 0 Å². The Hall–Kier alpha value is -0.830. The summed E-state index contributed by atoms with van der Waals surface area (Å²) in [4.78, 5) is 0. The van der Waals surface area contributed by atoms with Crippen LogP contribution in [0.5, 0.6) is 0 Å². The maximum Gasteiger partial charge on any atom is 0.0537 e. The van der Waals surface area contributed by atoms with Crippen molar-refractivity contribution in [1.82, 2.24) is 9.78 Å². The van der Waals surface area contributed by atoms with Gasteiger partial charge in [-0.15, -0.1) is 0 Å². The van der Waals surface area contributed by atoms with E-state index in [4.69, 9.17) is 5.73 Å². The van der Waals surface area contributed by atoms with E-state index in [2.05, 4.69) is 25.1 Å². The van der Waals surface area contributed by atoms with Crippen molar-refractivity contribution in [1.29, 1.82) is 0 Å². The minimum atomic E-state index is 0.215. The first kappa shape index (κ1) is 8.75. The Morgan fingerprint density at radius 3 is 2.69 bits per heavy atom. The predicted octanol–water partition coefficient (Wildman–Crippen LogP) is 1.87. The molecule has 1 aliphatic rings. The van der Waals surface area contributed by atoms with E-state index in [1.54, 1.807) is 0 Å². The molecule has 1 saturated carbocycles. The highest BCUT2D eigenvalue weighted by Crippen LogP contribution is 2.39. The highest BCUT2D eigenvalue weighted by atomic mass is 15.3. The first-order chi connectivity index (χ1) is 6.18. The predicted molar refractivity (Wildman–Crippen MR) is 52.3 cm³/mol. The zero-order valence-corrected chi connectivity index (χ0v) is 8.27. The third-order valence-corrected chi connectivity index (χ3v) is 2.67. The van der Waals surface area contributed by atoms with Crippen LogP contribution >= 0.6 is 0 Å². The molecule has 0 amide bonds. The van der Waals surface area contributed by atoms with E-state index in [1.165, 1.54) is 18.4 Å². The molecule has 1 heterocycles. The number of hydrogen-bond acceptors (Lipinski definition) is 2. The second-order valence-corrected chi connectivity index (χ2v) is 4.21. The van der Waals surface area contributed by atoms with Crippen molar-refractivity contribution in [3.8, 4) is 0 Å². The van der Waals surface area contributed by atoms with Gasteiger partial charge in [-0.1, -0.05) is 0 Å². The quantitative estimate of drug-likeness (QED) is 0.769. The lowest BCUT2D eigenvalue weighted by atomic mass is 10.1. The van der Waals surface area contributed by atoms with Crippen LogP contribution in [0.2, 0.25) is 0 Å². The van der Waals surface area contributed by atoms with Gasteiger partial charge in [0.1, 0.15) is 0 Å². The van der Waals surface area contributed by atoms with Crippen LogP contribution < -0.4 is 5.73 Å². The molecule has 0 aromatic carbocycles. The molecule has 2 N–H and O–H groups in total. The van der Waals surface area contributed by atoms with Gasteiger partial charge in [-0.3, -0.25) is 4.68 Å². The lowest BCUT2D eigenvalue weighted by molar-refractivity contribution is 0.530. The first-order valence-corrected chi connectivity index (χ1v) is 4.98. The van der Waals surface area contributed by atoms with Crippen molar-refractivity contribution in [3.63, 3.8) is 0 Å². The summed E-state index contributed by atoms with van der Waals surface area (Å²) < 4.78 is 1.97. The third-order valence-electron chi connectivity index (χ3n) is 2.67. The average Bonchev–Trinajstić information content (AvgIpc) is 2.81. The molecule has 0 aliphatic heterocycles. The van der Waals surface area contributed by atoms with Gasteiger partial charge in [0.25, 0.3) is 0 Å². The van der Waals surface area contributed by atoms with Gasteiger partial charge < -0.3 is 5.73 Å². The Kier molecular flexibility index (Phi) is 2.12. The zero-order chi connectivity index (χ0) is 9.42. The molecule has 1 atom stereocenters. The van der Waals surface area contributed by atoms with E-state index in [-0.39, 0.29) is 6.04 Å². The number of nitrogens with zero attached hydrogens (tertiary/aromatic N) is 2. The van der Waals surface area contributed by atoms with E-state index in [0.29, 0.717) is 12.0 Å². The van der Waals surface area contributed by atoms with Crippen LogP contribution in [0.3, 0.4) is 0 Å². The average molecular weight is 179 g/mol. The van der Waals surface area contributed by atoms with Crippen molar-refractivity contribution >= 4 is 0 Å². The monoisotopic (exact) mass is 179 g/mol. The standard InChI is InChI=1S/C10H17N3/c1-7(2)13-6-9(5-12-13)10(11)8-3-4-8/h5-8,10H,3-4,11H2,1-2H3. The fourth-order valence-electron chi connectivity index (χ4n) is 1.53. The molecule has 1 unspecified atom stereocenters. The number of aromatic nitrogens is 2. The molecule has 2 rings (SSSR count). The van der Waals surface area contributed by atoms with Crippen molar-refractivity contribution in [2.75, 3.05) is 0 Å². The Balaban J connectivity index is 2.11. The summed E-state index contributed by atoms with van der Waals surface area (Å²) in [6.07, 6.45) is 6.55. The molecule has 1 aromatic heterocycles. The molecular weight excluding hydrogens is 162 g/mol. The van der Waals surface area contributed by atoms with Crippen molar-refractivity contribution in [2.45, 2.75) is 38.8 Å². The van der Waals surface area contributed by atoms with Crippen LogP contribution in [-0.4, -0.2) is 9.78 Å². The van der Waals surface area contributed by atoms with Crippen LogP contribution in [0.15, 0.2) is 12.4 Å². The maximum atomic E-state index is 6.06. The summed E-state index contributed by atoms with van der Waals surface area (Å²) in [6.45, 7) is 4.25. The van der Waals surface area contributed by atoms with Gasteiger partial charge in [0.05, 0.1) is 6.20 Å². The number of rotatable bonds is 3. The SMILES string of the molecule is CC(C)n1cc(C(N)C2CC2)cn1. The maximum absolute atomic E-state index is 6.06. The smallest absolute Gasteiger partial charge is 0.0537 e. The van der Waals surface area contributed by atoms with E-state index in [9.17, 15) is 0 Å². The molecule has 1 fully saturated rings. The highest BCUT2D eigenvalue weighted by Gasteiger charge is 2.30. The molecule has 1 aliphatic carbocycles. The topological polar surface area (TPSA) is 43.8 Å². The zero-order valence-electron chi connectivity index (χ0n) is 8.27. The molecule has 0 saturated heterocycles. The molecule has 3 heteroatoms. The Morgan fingerprint density at radius 1 is 1.54 bits per heavy atom. The molecule has 0 bridgehead atoms. The molecule has 0 spiro atoms. The Labute approximate surface area is 78.9 Å². The molecule has 0 radical (unpaired) electrons. The highest BCUT2D eigenvalue weighted by molar-refractivity contribution is 5.13. The van der Waals surface area contributed by atoms with Crippen LogP contribution in [0, 0.1) is 5.92 Å². The van der Waals surface area contributed by atoms with Gasteiger partial charge >= 0.3 is 0 Å². The Morgan fingerprint density at radius 2 is 2.23 bits per heavy atom. The van der Waals surface area contributed by atoms with E-state index in [1.807, 2.05) is 10.9 Å². The number of nitrogens with two attached hydrogens (primary N) is 1. The van der Waals surface area contributed by atoms with Crippen LogP contribution in [0.1, 0.15) is 44.3 Å². The minimum absolute atomic E-state index is 0.215. The van der Waals surface area contributed by atoms with Gasteiger partial charge in [-0.2, -0.15) is 5.10 Å². The van der Waals surface area contributed by atoms with Gasteiger partial charge in [0.2, 0.25) is 0 Å². The van der Waals surface area contributed by atoms with Gasteiger partial charge in [-0.25, -0.2) is 0 Å². The third kappa shape index (κ3) is 1.75. The fourth-order valence-corrected chi connectivity index (χ4v) is 1.53. The van der Waals surface area contributed by atoms with Crippen LogP contribution in [0.4, 0.5) is 0 Å². The van der Waals surface area contributed by atoms with E-state index in [0.717, 1.165) is 0 Å². The van der Waals surface area contributed by atoms with Crippen molar-refractivity contribution < 1.29 is 0 Å². The Bertz CT molecular complexity index is 286. The largest absolute Gasteiger partial charge is 0.324 e. The fraction of sp³-hybridized carbons (Fsp3) is 0.700. The molecule has 72 valence electrons. The summed E-state index contributed by atoms with van der Waals surface area (Å²) in [5.74, 6) is 0.713. The molecule has 3 nitrogen and oxygen atoms in total. The second kappa shape index (κ2) is 3.14. The lowest BCUT2D eigenvalue weighted by Crippen LogP contribution is -2.11. The summed E-state index contributed by atoms with van der Waals surface area (Å²) >= 11 is 0. The summed E-state index contributed by atoms with van der Waals surface area (Å²) in [5, 5.41) is 4.28. The molecular formula is C10H17N3. The minimum Gasteiger partial charge on any atom is -0.324 e. The first-order valence-electron chi connectivity index (χ1n) is 4.98. The van der Waals surface area contributed by atoms with Crippen LogP contribution in [-0.2, 0) is 0 Å². The van der Waals surface area contributed by atoms with E-state index >= 15 is 0 Å². The van der Waals surface area contributed by atoms with Crippen LogP contribution in [0.25, 0.3) is 0 Å². The second-order valence-electron chi connectivity index (χ2n) is 4.21.